The lowest BCUT2D eigenvalue weighted by Crippen LogP contribution is -2.44. The predicted molar refractivity (Wildman–Crippen MR) is 111 cm³/mol. The summed E-state index contributed by atoms with van der Waals surface area (Å²) in [5, 5.41) is 20.9. The predicted octanol–water partition coefficient (Wildman–Crippen LogP) is 2.65. The number of aliphatic imine (C=N–C) groups is 1. The normalized spacial score (nSPS) is 14.2. The highest BCUT2D eigenvalue weighted by atomic mass is 127. The molecule has 0 aliphatic rings. The molecule has 3 aromatic rings. The summed E-state index contributed by atoms with van der Waals surface area (Å²) in [6, 6.07) is 3.87. The van der Waals surface area contributed by atoms with Crippen molar-refractivity contribution in [3.8, 4) is 0 Å². The summed E-state index contributed by atoms with van der Waals surface area (Å²) >= 11 is 3.15. The highest BCUT2D eigenvalue weighted by molar-refractivity contribution is 14.0. The van der Waals surface area contributed by atoms with Crippen LogP contribution in [0, 0.1) is 0 Å². The maximum absolute atomic E-state index is 10.5. The molecule has 3 aromatic heterocycles. The Morgan fingerprint density at radius 2 is 2.21 bits per heavy atom. The number of aromatic nitrogens is 2. The Balaban J connectivity index is 0.00000208. The van der Waals surface area contributed by atoms with Crippen molar-refractivity contribution in [3.05, 3.63) is 45.9 Å². The fourth-order valence-corrected chi connectivity index (χ4v) is 3.69. The van der Waals surface area contributed by atoms with Crippen LogP contribution in [-0.2, 0) is 12.1 Å². The van der Waals surface area contributed by atoms with Crippen molar-refractivity contribution in [1.82, 2.24) is 20.0 Å². The smallest absolute Gasteiger partial charge is 0.193 e. The van der Waals surface area contributed by atoms with Crippen molar-refractivity contribution in [2.75, 3.05) is 13.6 Å². The first-order valence-electron chi connectivity index (χ1n) is 7.20. The highest BCUT2D eigenvalue weighted by Crippen LogP contribution is 2.24. The molecule has 3 rings (SSSR count). The molecule has 0 spiro atoms. The van der Waals surface area contributed by atoms with Gasteiger partial charge in [0.05, 0.1) is 18.8 Å². The van der Waals surface area contributed by atoms with Crippen molar-refractivity contribution in [3.63, 3.8) is 0 Å². The lowest BCUT2D eigenvalue weighted by Gasteiger charge is -2.23. The van der Waals surface area contributed by atoms with Crippen LogP contribution in [0.25, 0.3) is 4.96 Å². The lowest BCUT2D eigenvalue weighted by molar-refractivity contribution is 0.0655. The third kappa shape index (κ3) is 4.47. The number of rotatable bonds is 5. The van der Waals surface area contributed by atoms with E-state index in [1.54, 1.807) is 36.6 Å². The van der Waals surface area contributed by atoms with Crippen LogP contribution in [-0.4, -0.2) is 34.0 Å². The zero-order valence-electron chi connectivity index (χ0n) is 13.4. The Morgan fingerprint density at radius 3 is 2.88 bits per heavy atom. The molecule has 0 radical (unpaired) electrons. The number of imidazole rings is 1. The van der Waals surface area contributed by atoms with Gasteiger partial charge >= 0.3 is 0 Å². The molecular weight excluding hydrogens is 457 g/mol. The van der Waals surface area contributed by atoms with Gasteiger partial charge < -0.3 is 15.7 Å². The fraction of sp³-hybridized carbons (Fsp3) is 0.333. The maximum Gasteiger partial charge on any atom is 0.193 e. The topological polar surface area (TPSA) is 74.0 Å². The summed E-state index contributed by atoms with van der Waals surface area (Å²) < 4.78 is 2.00. The minimum absolute atomic E-state index is 0. The quantitative estimate of drug-likeness (QED) is 0.300. The van der Waals surface area contributed by atoms with Gasteiger partial charge in [-0.25, -0.2) is 4.98 Å². The first-order chi connectivity index (χ1) is 11.1. The largest absolute Gasteiger partial charge is 0.383 e. The van der Waals surface area contributed by atoms with Gasteiger partial charge in [-0.3, -0.25) is 9.39 Å². The molecule has 9 heteroatoms. The minimum atomic E-state index is -0.928. The fourth-order valence-electron chi connectivity index (χ4n) is 2.18. The molecule has 0 saturated carbocycles. The van der Waals surface area contributed by atoms with Gasteiger partial charge in [-0.15, -0.1) is 46.7 Å². The van der Waals surface area contributed by atoms with Gasteiger partial charge in [0, 0.05) is 29.7 Å². The van der Waals surface area contributed by atoms with E-state index in [-0.39, 0.29) is 24.0 Å². The standard InChI is InChI=1S/C15H19N5OS2.HI/c1-15(21,12-4-3-6-22-12)10-18-13(16-2)17-8-11-9-20-5-7-23-14(20)19-11;/h3-7,9,21H,8,10H2,1-2H3,(H2,16,17,18);1H. The Morgan fingerprint density at radius 1 is 1.38 bits per heavy atom. The van der Waals surface area contributed by atoms with E-state index in [9.17, 15) is 5.11 Å². The van der Waals surface area contributed by atoms with E-state index in [2.05, 4.69) is 20.6 Å². The number of aliphatic hydroxyl groups is 1. The molecule has 3 heterocycles. The zero-order chi connectivity index (χ0) is 16.3. The first-order valence-corrected chi connectivity index (χ1v) is 8.96. The summed E-state index contributed by atoms with van der Waals surface area (Å²) in [6.07, 6.45) is 3.98. The van der Waals surface area contributed by atoms with E-state index in [0.717, 1.165) is 15.5 Å². The van der Waals surface area contributed by atoms with Crippen LogP contribution in [0.1, 0.15) is 17.5 Å². The van der Waals surface area contributed by atoms with E-state index in [4.69, 9.17) is 0 Å². The second kappa shape index (κ2) is 8.28. The molecule has 0 fully saturated rings. The second-order valence-electron chi connectivity index (χ2n) is 5.36. The van der Waals surface area contributed by atoms with E-state index in [0.29, 0.717) is 19.0 Å². The molecule has 0 amide bonds. The molecule has 24 heavy (non-hydrogen) atoms. The SMILES string of the molecule is CN=C(NCc1cn2ccsc2n1)NCC(C)(O)c1cccs1.I. The number of halogens is 1. The molecular formula is C15H20IN5OS2. The van der Waals surface area contributed by atoms with Crippen molar-refractivity contribution < 1.29 is 5.11 Å². The van der Waals surface area contributed by atoms with Crippen LogP contribution in [0.5, 0.6) is 0 Å². The van der Waals surface area contributed by atoms with Crippen LogP contribution in [0.3, 0.4) is 0 Å². The highest BCUT2D eigenvalue weighted by Gasteiger charge is 2.24. The molecule has 6 nitrogen and oxygen atoms in total. The van der Waals surface area contributed by atoms with Crippen molar-refractivity contribution in [2.24, 2.45) is 4.99 Å². The molecule has 1 unspecified atom stereocenters. The van der Waals surface area contributed by atoms with Gasteiger partial charge in [-0.1, -0.05) is 6.07 Å². The number of guanidine groups is 1. The third-order valence-electron chi connectivity index (χ3n) is 3.46. The summed E-state index contributed by atoms with van der Waals surface area (Å²) in [4.78, 5) is 10.6. The van der Waals surface area contributed by atoms with Crippen LogP contribution < -0.4 is 10.6 Å². The second-order valence-corrected chi connectivity index (χ2v) is 7.18. The van der Waals surface area contributed by atoms with Crippen LogP contribution in [0.15, 0.2) is 40.3 Å². The first kappa shape index (κ1) is 19.2. The van der Waals surface area contributed by atoms with Crippen molar-refractivity contribution in [1.29, 1.82) is 0 Å². The van der Waals surface area contributed by atoms with Gasteiger partial charge in [-0.05, 0) is 18.4 Å². The molecule has 0 saturated heterocycles. The van der Waals surface area contributed by atoms with Gasteiger partial charge in [0.15, 0.2) is 10.9 Å². The van der Waals surface area contributed by atoms with Crippen LogP contribution in [0.4, 0.5) is 0 Å². The number of nitrogens with zero attached hydrogens (tertiary/aromatic N) is 3. The molecule has 0 aliphatic heterocycles. The van der Waals surface area contributed by atoms with Gasteiger partial charge in [-0.2, -0.15) is 0 Å². The number of fused-ring (bicyclic) bond motifs is 1. The van der Waals surface area contributed by atoms with Gasteiger partial charge in [0.25, 0.3) is 0 Å². The maximum atomic E-state index is 10.5. The average molecular weight is 477 g/mol. The zero-order valence-corrected chi connectivity index (χ0v) is 17.4. The summed E-state index contributed by atoms with van der Waals surface area (Å²) in [5.41, 5.74) is 0.0211. The Hall–Kier alpha value is -1.17. The summed E-state index contributed by atoms with van der Waals surface area (Å²) in [5.74, 6) is 0.637. The number of thiophene rings is 1. The van der Waals surface area contributed by atoms with E-state index >= 15 is 0 Å². The average Bonchev–Trinajstić information content (AvgIpc) is 3.24. The molecule has 0 aromatic carbocycles. The molecule has 130 valence electrons. The lowest BCUT2D eigenvalue weighted by atomic mass is 10.1. The Labute approximate surface area is 165 Å². The third-order valence-corrected chi connectivity index (χ3v) is 5.35. The molecule has 0 bridgehead atoms. The number of nitrogens with one attached hydrogen (secondary N) is 2. The van der Waals surface area contributed by atoms with Crippen LogP contribution in [0.2, 0.25) is 0 Å². The van der Waals surface area contributed by atoms with Crippen molar-refractivity contribution >= 4 is 57.6 Å². The number of hydrogen-bond donors (Lipinski definition) is 3. The monoisotopic (exact) mass is 477 g/mol. The minimum Gasteiger partial charge on any atom is -0.383 e. The van der Waals surface area contributed by atoms with Gasteiger partial charge in [0.2, 0.25) is 0 Å². The van der Waals surface area contributed by atoms with Gasteiger partial charge in [0.1, 0.15) is 5.60 Å². The van der Waals surface area contributed by atoms with E-state index < -0.39 is 5.60 Å². The number of hydrogen-bond acceptors (Lipinski definition) is 5. The molecule has 3 N–H and O–H groups in total. The Bertz CT molecular complexity index is 765. The Kier molecular flexibility index (Phi) is 6.61. The van der Waals surface area contributed by atoms with E-state index in [1.165, 1.54) is 0 Å². The van der Waals surface area contributed by atoms with Crippen LogP contribution >= 0.6 is 46.7 Å². The summed E-state index contributed by atoms with van der Waals surface area (Å²) in [7, 11) is 1.71. The van der Waals surface area contributed by atoms with E-state index in [1.807, 2.05) is 39.7 Å². The summed E-state index contributed by atoms with van der Waals surface area (Å²) in [6.45, 7) is 2.75. The molecule has 0 aliphatic carbocycles. The van der Waals surface area contributed by atoms with Crippen molar-refractivity contribution in [2.45, 2.75) is 19.1 Å². The number of thiazole rings is 1. The molecule has 1 atom stereocenters.